The van der Waals surface area contributed by atoms with Crippen LogP contribution < -0.4 is 4.90 Å². The minimum absolute atomic E-state index is 0.688. The number of aryl methyl sites for hydroxylation is 1. The number of oxime groups is 1. The molecule has 0 spiro atoms. The summed E-state index contributed by atoms with van der Waals surface area (Å²) in [4.78, 5) is 6.17. The molecule has 0 unspecified atom stereocenters. The van der Waals surface area contributed by atoms with Crippen molar-refractivity contribution in [2.24, 2.45) is 5.16 Å². The molecule has 6 heteroatoms. The first-order valence-electron chi connectivity index (χ1n) is 9.53. The van der Waals surface area contributed by atoms with E-state index >= 15 is 0 Å². The summed E-state index contributed by atoms with van der Waals surface area (Å²) < 4.78 is 1.30. The molecule has 1 aromatic heterocycles. The van der Waals surface area contributed by atoms with E-state index in [0.717, 1.165) is 36.8 Å². The average Bonchev–Trinajstić information content (AvgIpc) is 3.16. The fourth-order valence-corrected chi connectivity index (χ4v) is 5.46. The van der Waals surface area contributed by atoms with Gasteiger partial charge in [-0.2, -0.15) is 0 Å². The van der Waals surface area contributed by atoms with Gasteiger partial charge in [0.25, 0.3) is 0 Å². The van der Waals surface area contributed by atoms with E-state index in [1.807, 2.05) is 24.8 Å². The number of thiophene rings is 1. The maximum atomic E-state index is 8.85. The number of piperazine rings is 1. The first-order valence-corrected chi connectivity index (χ1v) is 11.3. The molecule has 1 aliphatic rings. The highest BCUT2D eigenvalue weighted by Gasteiger charge is 2.18. The summed E-state index contributed by atoms with van der Waals surface area (Å²) >= 11 is 3.61. The van der Waals surface area contributed by atoms with Gasteiger partial charge in [0, 0.05) is 37.6 Å². The molecule has 1 aliphatic heterocycles. The van der Waals surface area contributed by atoms with E-state index < -0.39 is 0 Å². The highest BCUT2D eigenvalue weighted by Crippen LogP contribution is 2.28. The fraction of sp³-hybridized carbons (Fsp3) is 0.476. The molecule has 1 fully saturated rings. The Hall–Kier alpha value is -1.50. The third-order valence-corrected chi connectivity index (χ3v) is 7.75. The molecule has 0 aliphatic carbocycles. The van der Waals surface area contributed by atoms with Crippen molar-refractivity contribution in [2.75, 3.05) is 43.4 Å². The zero-order chi connectivity index (χ0) is 19.2. The highest BCUT2D eigenvalue weighted by atomic mass is 32.2. The minimum Gasteiger partial charge on any atom is -0.411 e. The van der Waals surface area contributed by atoms with Gasteiger partial charge in [-0.05, 0) is 63.1 Å². The lowest BCUT2D eigenvalue weighted by molar-refractivity contribution is 0.259. The summed E-state index contributed by atoms with van der Waals surface area (Å²) in [6.45, 7) is 12.0. The van der Waals surface area contributed by atoms with Crippen molar-refractivity contribution in [3.8, 4) is 0 Å². The number of hydrogen-bond acceptors (Lipinski definition) is 6. The predicted octanol–water partition coefficient (Wildman–Crippen LogP) is 4.87. The zero-order valence-electron chi connectivity index (χ0n) is 16.4. The number of benzene rings is 1. The van der Waals surface area contributed by atoms with Gasteiger partial charge in [0.1, 0.15) is 0 Å². The van der Waals surface area contributed by atoms with Crippen molar-refractivity contribution in [1.82, 2.24) is 4.90 Å². The van der Waals surface area contributed by atoms with Crippen molar-refractivity contribution < 1.29 is 5.21 Å². The van der Waals surface area contributed by atoms with Gasteiger partial charge < -0.3 is 10.1 Å². The summed E-state index contributed by atoms with van der Waals surface area (Å²) in [6, 6.07) is 10.8. The third kappa shape index (κ3) is 5.27. The monoisotopic (exact) mass is 403 g/mol. The van der Waals surface area contributed by atoms with Gasteiger partial charge in [-0.25, -0.2) is 0 Å². The second-order valence-electron chi connectivity index (χ2n) is 7.05. The molecule has 4 nitrogen and oxygen atoms in total. The van der Waals surface area contributed by atoms with Crippen LogP contribution in [-0.4, -0.2) is 54.3 Å². The molecule has 0 bridgehead atoms. The van der Waals surface area contributed by atoms with Gasteiger partial charge in [-0.3, -0.25) is 4.90 Å². The smallest absolute Gasteiger partial charge is 0.0936 e. The Kier molecular flexibility index (Phi) is 7.21. The Morgan fingerprint density at radius 2 is 1.93 bits per heavy atom. The van der Waals surface area contributed by atoms with Crippen LogP contribution in [0.3, 0.4) is 0 Å². The van der Waals surface area contributed by atoms with Crippen LogP contribution in [0.15, 0.2) is 39.7 Å². The lowest BCUT2D eigenvalue weighted by Crippen LogP contribution is -2.47. The first kappa shape index (κ1) is 20.2. The third-order valence-electron chi connectivity index (χ3n) is 5.24. The largest absolute Gasteiger partial charge is 0.411 e. The lowest BCUT2D eigenvalue weighted by Gasteiger charge is -2.37. The molecule has 146 valence electrons. The number of rotatable bonds is 7. The highest BCUT2D eigenvalue weighted by molar-refractivity contribution is 8.01. The van der Waals surface area contributed by atoms with E-state index in [2.05, 4.69) is 53.1 Å². The quantitative estimate of drug-likeness (QED) is 0.235. The summed E-state index contributed by atoms with van der Waals surface area (Å²) in [7, 11) is 0. The van der Waals surface area contributed by atoms with Gasteiger partial charge >= 0.3 is 0 Å². The number of anilines is 1. The van der Waals surface area contributed by atoms with E-state index in [4.69, 9.17) is 5.21 Å². The standard InChI is InChI=1S/C21H29N3OS2/c1-16-6-4-7-19(17(16)2)24-13-11-23(12-14-24)10-5-15-26-21-9-8-20(27-21)18(3)22-25/h4,6-9,25H,5,10-15H2,1-3H3/b22-18+. The van der Waals surface area contributed by atoms with Crippen molar-refractivity contribution in [3.05, 3.63) is 46.3 Å². The predicted molar refractivity (Wildman–Crippen MR) is 118 cm³/mol. The Morgan fingerprint density at radius 3 is 2.67 bits per heavy atom. The zero-order valence-corrected chi connectivity index (χ0v) is 18.1. The van der Waals surface area contributed by atoms with Crippen LogP contribution in [0, 0.1) is 13.8 Å². The molecule has 27 heavy (non-hydrogen) atoms. The molecule has 1 aromatic carbocycles. The van der Waals surface area contributed by atoms with Crippen molar-refractivity contribution in [3.63, 3.8) is 0 Å². The number of hydrogen-bond donors (Lipinski definition) is 1. The van der Waals surface area contributed by atoms with Crippen LogP contribution in [0.2, 0.25) is 0 Å². The second-order valence-corrected chi connectivity index (χ2v) is 9.53. The molecule has 0 atom stereocenters. The lowest BCUT2D eigenvalue weighted by atomic mass is 10.1. The molecular weight excluding hydrogens is 374 g/mol. The van der Waals surface area contributed by atoms with Crippen LogP contribution in [0.25, 0.3) is 0 Å². The van der Waals surface area contributed by atoms with Gasteiger partial charge in [0.2, 0.25) is 0 Å². The van der Waals surface area contributed by atoms with E-state index in [0.29, 0.717) is 5.71 Å². The van der Waals surface area contributed by atoms with Gasteiger partial charge in [-0.1, -0.05) is 17.3 Å². The van der Waals surface area contributed by atoms with Crippen LogP contribution >= 0.6 is 23.1 Å². The Labute approximate surface area is 170 Å². The first-order chi connectivity index (χ1) is 13.1. The van der Waals surface area contributed by atoms with Gasteiger partial charge in [-0.15, -0.1) is 23.1 Å². The Balaban J connectivity index is 1.39. The molecule has 1 N–H and O–H groups in total. The van der Waals surface area contributed by atoms with E-state index in [1.54, 1.807) is 11.3 Å². The van der Waals surface area contributed by atoms with Crippen LogP contribution in [-0.2, 0) is 0 Å². The molecule has 3 rings (SSSR count). The Bertz CT molecular complexity index is 779. The van der Waals surface area contributed by atoms with Crippen LogP contribution in [0.4, 0.5) is 5.69 Å². The molecule has 2 heterocycles. The SMILES string of the molecule is C/C(=N\O)c1ccc(SCCCN2CCN(c3cccc(C)c3C)CC2)s1. The van der Waals surface area contributed by atoms with Crippen LogP contribution in [0.1, 0.15) is 29.3 Å². The molecule has 1 saturated heterocycles. The van der Waals surface area contributed by atoms with Crippen molar-refractivity contribution in [1.29, 1.82) is 0 Å². The second kappa shape index (κ2) is 9.62. The maximum absolute atomic E-state index is 8.85. The normalized spacial score (nSPS) is 16.1. The summed E-state index contributed by atoms with van der Waals surface area (Å²) in [5.41, 5.74) is 4.89. The maximum Gasteiger partial charge on any atom is 0.0936 e. The minimum atomic E-state index is 0.688. The molecular formula is C21H29N3OS2. The van der Waals surface area contributed by atoms with E-state index in [-0.39, 0.29) is 0 Å². The van der Waals surface area contributed by atoms with E-state index in [1.165, 1.54) is 34.0 Å². The summed E-state index contributed by atoms with van der Waals surface area (Å²) in [6.07, 6.45) is 1.20. The molecule has 0 radical (unpaired) electrons. The molecule has 2 aromatic rings. The summed E-state index contributed by atoms with van der Waals surface area (Å²) in [5.74, 6) is 1.13. The Morgan fingerprint density at radius 1 is 1.15 bits per heavy atom. The van der Waals surface area contributed by atoms with Crippen LogP contribution in [0.5, 0.6) is 0 Å². The topological polar surface area (TPSA) is 39.1 Å². The van der Waals surface area contributed by atoms with Gasteiger partial charge in [0.15, 0.2) is 0 Å². The average molecular weight is 404 g/mol. The number of thioether (sulfide) groups is 1. The number of nitrogens with zero attached hydrogens (tertiary/aromatic N) is 3. The molecule has 0 saturated carbocycles. The summed E-state index contributed by atoms with van der Waals surface area (Å²) in [5, 5.41) is 12.1. The van der Waals surface area contributed by atoms with E-state index in [9.17, 15) is 0 Å². The van der Waals surface area contributed by atoms with Gasteiger partial charge in [0.05, 0.1) is 14.8 Å². The van der Waals surface area contributed by atoms with Crippen molar-refractivity contribution in [2.45, 2.75) is 31.4 Å². The molecule has 0 amide bonds. The van der Waals surface area contributed by atoms with Crippen molar-refractivity contribution >= 4 is 34.5 Å². The fourth-order valence-electron chi connectivity index (χ4n) is 3.39.